The van der Waals surface area contributed by atoms with Crippen molar-refractivity contribution in [2.45, 2.75) is 0 Å². The highest BCUT2D eigenvalue weighted by atomic mass is 16.5. The molecule has 0 aliphatic carbocycles. The minimum absolute atomic E-state index is 0.703. The molecule has 0 spiro atoms. The second kappa shape index (κ2) is 6.22. The Hall–Kier alpha value is -2.94. The van der Waals surface area contributed by atoms with Crippen LogP contribution in [0.15, 0.2) is 72.8 Å². The van der Waals surface area contributed by atoms with Gasteiger partial charge >= 0.3 is 0 Å². The van der Waals surface area contributed by atoms with Crippen LogP contribution >= 0.6 is 0 Å². The number of para-hydroxylation sites is 2. The first-order chi connectivity index (χ1) is 10.8. The predicted molar refractivity (Wildman–Crippen MR) is 92.6 cm³/mol. The highest BCUT2D eigenvalue weighted by molar-refractivity contribution is 5.79. The van der Waals surface area contributed by atoms with E-state index in [1.165, 1.54) is 0 Å². The molecule has 22 heavy (non-hydrogen) atoms. The summed E-state index contributed by atoms with van der Waals surface area (Å²) in [6.45, 7) is 0. The number of ether oxygens (including phenoxy) is 1. The van der Waals surface area contributed by atoms with E-state index in [0.29, 0.717) is 5.69 Å². The van der Waals surface area contributed by atoms with Crippen LogP contribution in [0.25, 0.3) is 11.1 Å². The average Bonchev–Trinajstić information content (AvgIpc) is 2.58. The van der Waals surface area contributed by atoms with Crippen LogP contribution in [0.2, 0.25) is 0 Å². The third kappa shape index (κ3) is 2.88. The van der Waals surface area contributed by atoms with Gasteiger partial charge in [0.2, 0.25) is 0 Å². The van der Waals surface area contributed by atoms with Crippen LogP contribution in [0.4, 0.5) is 17.1 Å². The van der Waals surface area contributed by atoms with Crippen LogP contribution in [0.3, 0.4) is 0 Å². The zero-order valence-electron chi connectivity index (χ0n) is 12.4. The van der Waals surface area contributed by atoms with Crippen LogP contribution < -0.4 is 15.8 Å². The molecular weight excluding hydrogens is 272 g/mol. The van der Waals surface area contributed by atoms with E-state index in [2.05, 4.69) is 23.5 Å². The molecule has 0 aromatic heterocycles. The largest absolute Gasteiger partial charge is 0.495 e. The van der Waals surface area contributed by atoms with Crippen molar-refractivity contribution in [3.8, 4) is 16.9 Å². The number of hydrogen-bond acceptors (Lipinski definition) is 3. The highest BCUT2D eigenvalue weighted by Gasteiger charge is 2.07. The molecule has 0 aliphatic heterocycles. The lowest BCUT2D eigenvalue weighted by Crippen LogP contribution is -1.98. The fourth-order valence-electron chi connectivity index (χ4n) is 2.37. The van der Waals surface area contributed by atoms with Crippen LogP contribution in [0, 0.1) is 0 Å². The van der Waals surface area contributed by atoms with E-state index in [1.54, 1.807) is 7.11 Å². The van der Waals surface area contributed by atoms with Gasteiger partial charge in [-0.25, -0.2) is 0 Å². The zero-order chi connectivity index (χ0) is 15.4. The van der Waals surface area contributed by atoms with Gasteiger partial charge in [0, 0.05) is 0 Å². The maximum Gasteiger partial charge on any atom is 0.142 e. The lowest BCUT2D eigenvalue weighted by Gasteiger charge is -2.14. The van der Waals surface area contributed by atoms with Gasteiger partial charge in [-0.15, -0.1) is 0 Å². The Bertz CT molecular complexity index is 769. The fraction of sp³-hybridized carbons (Fsp3) is 0.0526. The van der Waals surface area contributed by atoms with Gasteiger partial charge in [-0.3, -0.25) is 0 Å². The number of hydrogen-bond donors (Lipinski definition) is 2. The lowest BCUT2D eigenvalue weighted by atomic mass is 10.0. The third-order valence-corrected chi connectivity index (χ3v) is 3.54. The Balaban J connectivity index is 2.00. The molecule has 0 heterocycles. The van der Waals surface area contributed by atoms with Gasteiger partial charge in [0.05, 0.1) is 24.2 Å². The molecule has 0 atom stereocenters. The first kappa shape index (κ1) is 14.0. The van der Waals surface area contributed by atoms with E-state index in [4.69, 9.17) is 10.5 Å². The molecule has 3 heteroatoms. The van der Waals surface area contributed by atoms with Crippen molar-refractivity contribution in [2.75, 3.05) is 18.2 Å². The zero-order valence-corrected chi connectivity index (χ0v) is 12.4. The number of rotatable bonds is 4. The first-order valence-electron chi connectivity index (χ1n) is 7.13. The van der Waals surface area contributed by atoms with Crippen LogP contribution in [0.5, 0.6) is 5.75 Å². The Morgan fingerprint density at radius 1 is 0.773 bits per heavy atom. The van der Waals surface area contributed by atoms with Gasteiger partial charge in [-0.2, -0.15) is 0 Å². The average molecular weight is 290 g/mol. The van der Waals surface area contributed by atoms with E-state index in [-0.39, 0.29) is 0 Å². The van der Waals surface area contributed by atoms with Crippen molar-refractivity contribution in [3.63, 3.8) is 0 Å². The smallest absolute Gasteiger partial charge is 0.142 e. The van der Waals surface area contributed by atoms with Gasteiger partial charge < -0.3 is 15.8 Å². The summed E-state index contributed by atoms with van der Waals surface area (Å²) >= 11 is 0. The lowest BCUT2D eigenvalue weighted by molar-refractivity contribution is 0.417. The van der Waals surface area contributed by atoms with Crippen LogP contribution in [0.1, 0.15) is 0 Å². The highest BCUT2D eigenvalue weighted by Crippen LogP contribution is 2.34. The normalized spacial score (nSPS) is 10.2. The summed E-state index contributed by atoms with van der Waals surface area (Å²) < 4.78 is 5.44. The summed E-state index contributed by atoms with van der Waals surface area (Å²) in [5.41, 5.74) is 10.8. The topological polar surface area (TPSA) is 47.3 Å². The minimum Gasteiger partial charge on any atom is -0.495 e. The van der Waals surface area contributed by atoms with E-state index in [0.717, 1.165) is 28.3 Å². The van der Waals surface area contributed by atoms with Crippen LogP contribution in [-0.2, 0) is 0 Å². The maximum absolute atomic E-state index is 6.01. The second-order valence-corrected chi connectivity index (χ2v) is 4.99. The van der Waals surface area contributed by atoms with Gasteiger partial charge in [0.1, 0.15) is 5.75 Å². The van der Waals surface area contributed by atoms with Gasteiger partial charge in [0.15, 0.2) is 0 Å². The van der Waals surface area contributed by atoms with Crippen molar-refractivity contribution >= 4 is 17.1 Å². The molecule has 3 N–H and O–H groups in total. The number of benzene rings is 3. The molecule has 0 fully saturated rings. The third-order valence-electron chi connectivity index (χ3n) is 3.54. The molecule has 0 unspecified atom stereocenters. The molecule has 0 aliphatic rings. The monoisotopic (exact) mass is 290 g/mol. The molecule has 3 aromatic carbocycles. The number of methoxy groups -OCH3 is 1. The van der Waals surface area contributed by atoms with Crippen LogP contribution in [-0.4, -0.2) is 7.11 Å². The minimum atomic E-state index is 0.703. The van der Waals surface area contributed by atoms with E-state index < -0.39 is 0 Å². The molecule has 0 radical (unpaired) electrons. The number of nitrogens with two attached hydrogens (primary N) is 1. The second-order valence-electron chi connectivity index (χ2n) is 4.99. The molecule has 3 nitrogen and oxygen atoms in total. The van der Waals surface area contributed by atoms with E-state index in [9.17, 15) is 0 Å². The van der Waals surface area contributed by atoms with Crippen molar-refractivity contribution in [3.05, 3.63) is 72.8 Å². The first-order valence-corrected chi connectivity index (χ1v) is 7.13. The Labute approximate surface area is 130 Å². The predicted octanol–water partition coefficient (Wildman–Crippen LogP) is 4.69. The molecule has 0 saturated carbocycles. The Kier molecular flexibility index (Phi) is 3.97. The molecule has 0 amide bonds. The molecule has 0 saturated heterocycles. The standard InChI is InChI=1S/C19H18N2O/c1-22-19-12-11-15(14-7-3-2-4-8-14)13-18(19)21-17-10-6-5-9-16(17)20/h2-13,21H,20H2,1H3. The van der Waals surface area contributed by atoms with E-state index >= 15 is 0 Å². The molecule has 110 valence electrons. The summed E-state index contributed by atoms with van der Waals surface area (Å²) in [7, 11) is 1.66. The SMILES string of the molecule is COc1ccc(-c2ccccc2)cc1Nc1ccccc1N. The summed E-state index contributed by atoms with van der Waals surface area (Å²) in [5.74, 6) is 0.780. The Morgan fingerprint density at radius 2 is 1.50 bits per heavy atom. The van der Waals surface area contributed by atoms with Crippen molar-refractivity contribution in [1.29, 1.82) is 0 Å². The number of nitrogens with one attached hydrogen (secondary N) is 1. The quantitative estimate of drug-likeness (QED) is 0.685. The molecule has 3 aromatic rings. The molecule has 0 bridgehead atoms. The summed E-state index contributed by atoms with van der Waals surface area (Å²) in [4.78, 5) is 0. The summed E-state index contributed by atoms with van der Waals surface area (Å²) in [6, 6.07) is 24.0. The fourth-order valence-corrected chi connectivity index (χ4v) is 2.37. The summed E-state index contributed by atoms with van der Waals surface area (Å²) in [5, 5.41) is 3.35. The van der Waals surface area contributed by atoms with Gasteiger partial charge in [-0.1, -0.05) is 48.5 Å². The van der Waals surface area contributed by atoms with Crippen molar-refractivity contribution in [2.24, 2.45) is 0 Å². The Morgan fingerprint density at radius 3 is 2.23 bits per heavy atom. The van der Waals surface area contributed by atoms with Gasteiger partial charge in [0.25, 0.3) is 0 Å². The number of anilines is 3. The molecule has 3 rings (SSSR count). The van der Waals surface area contributed by atoms with Crippen molar-refractivity contribution in [1.82, 2.24) is 0 Å². The van der Waals surface area contributed by atoms with E-state index in [1.807, 2.05) is 54.6 Å². The summed E-state index contributed by atoms with van der Waals surface area (Å²) in [6.07, 6.45) is 0. The molecular formula is C19H18N2O. The number of nitrogen functional groups attached to an aromatic ring is 1. The van der Waals surface area contributed by atoms with Crippen molar-refractivity contribution < 1.29 is 4.74 Å². The maximum atomic E-state index is 6.01. The van der Waals surface area contributed by atoms with Gasteiger partial charge in [-0.05, 0) is 35.4 Å².